The van der Waals surface area contributed by atoms with Gasteiger partial charge in [-0.25, -0.2) is 8.42 Å². The molecule has 1 saturated heterocycles. The maximum absolute atomic E-state index is 13.1. The minimum Gasteiger partial charge on any atom is -0.507 e. The Morgan fingerprint density at radius 3 is 2.03 bits per heavy atom. The van der Waals surface area contributed by atoms with Gasteiger partial charge in [-0.2, -0.15) is 4.31 Å². The summed E-state index contributed by atoms with van der Waals surface area (Å²) in [6.07, 6.45) is 0. The lowest BCUT2D eigenvalue weighted by Crippen LogP contribution is -2.50. The minimum absolute atomic E-state index is 0.00480. The minimum atomic E-state index is -3.77. The van der Waals surface area contributed by atoms with Gasteiger partial charge in [-0.05, 0) is 44.2 Å². The number of aromatic hydroxyl groups is 1. The number of phenols is 1. The zero-order chi connectivity index (χ0) is 23.6. The Balaban J connectivity index is 1.75. The van der Waals surface area contributed by atoms with Crippen LogP contribution in [0.25, 0.3) is 0 Å². The van der Waals surface area contributed by atoms with E-state index in [0.717, 1.165) is 0 Å². The molecule has 1 aliphatic rings. The maximum atomic E-state index is 13.1. The van der Waals surface area contributed by atoms with Crippen molar-refractivity contribution >= 4 is 33.4 Å². The van der Waals surface area contributed by atoms with Crippen LogP contribution in [0.4, 0.5) is 0 Å². The molecular weight excluding hydrogens is 454 g/mol. The topological polar surface area (TPSA) is 98.2 Å². The van der Waals surface area contributed by atoms with Crippen molar-refractivity contribution in [2.24, 2.45) is 0 Å². The van der Waals surface area contributed by atoms with Crippen LogP contribution in [0, 0.1) is 0 Å². The first-order valence-electron chi connectivity index (χ1n) is 10.2. The molecule has 10 heteroatoms. The molecule has 3 rings (SSSR count). The summed E-state index contributed by atoms with van der Waals surface area (Å²) in [6.45, 7) is 4.61. The second kappa shape index (κ2) is 9.48. The van der Waals surface area contributed by atoms with E-state index in [-0.39, 0.29) is 64.9 Å². The first-order valence-corrected chi connectivity index (χ1v) is 12.0. The molecule has 32 heavy (non-hydrogen) atoms. The number of piperazine rings is 1. The highest BCUT2D eigenvalue weighted by Gasteiger charge is 2.29. The lowest BCUT2D eigenvalue weighted by molar-refractivity contribution is 0.0533. The molecule has 0 aromatic heterocycles. The van der Waals surface area contributed by atoms with Gasteiger partial charge >= 0.3 is 0 Å². The summed E-state index contributed by atoms with van der Waals surface area (Å²) in [5.74, 6) is -0.792. The van der Waals surface area contributed by atoms with Gasteiger partial charge in [0.15, 0.2) is 0 Å². The van der Waals surface area contributed by atoms with Crippen LogP contribution < -0.4 is 0 Å². The molecule has 0 radical (unpaired) electrons. The molecule has 2 aromatic carbocycles. The molecule has 172 valence electrons. The van der Waals surface area contributed by atoms with Crippen LogP contribution in [-0.2, 0) is 10.0 Å². The highest BCUT2D eigenvalue weighted by Crippen LogP contribution is 2.25. The lowest BCUT2D eigenvalue weighted by Gasteiger charge is -2.35. The Morgan fingerprint density at radius 2 is 1.50 bits per heavy atom. The second-order valence-corrected chi connectivity index (χ2v) is 10.3. The predicted octanol–water partition coefficient (Wildman–Crippen LogP) is 2.67. The van der Waals surface area contributed by atoms with Gasteiger partial charge in [0.1, 0.15) is 5.75 Å². The molecule has 0 saturated carbocycles. The number of amides is 2. The highest BCUT2D eigenvalue weighted by molar-refractivity contribution is 7.89. The zero-order valence-electron chi connectivity index (χ0n) is 18.2. The third-order valence-electron chi connectivity index (χ3n) is 5.56. The van der Waals surface area contributed by atoms with E-state index in [0.29, 0.717) is 0 Å². The number of hydrogen-bond acceptors (Lipinski definition) is 5. The van der Waals surface area contributed by atoms with E-state index in [2.05, 4.69) is 0 Å². The van der Waals surface area contributed by atoms with Gasteiger partial charge < -0.3 is 14.9 Å². The van der Waals surface area contributed by atoms with Gasteiger partial charge in [0.25, 0.3) is 11.8 Å². The largest absolute Gasteiger partial charge is 0.507 e. The van der Waals surface area contributed by atoms with Gasteiger partial charge in [0, 0.05) is 39.3 Å². The Hall–Kier alpha value is -2.62. The van der Waals surface area contributed by atoms with E-state index in [1.807, 2.05) is 0 Å². The molecule has 0 atom stereocenters. The number of rotatable bonds is 5. The normalized spacial score (nSPS) is 14.8. The first kappa shape index (κ1) is 24.0. The summed E-state index contributed by atoms with van der Waals surface area (Å²) in [5, 5.41) is 10.1. The molecule has 2 amide bonds. The summed E-state index contributed by atoms with van der Waals surface area (Å²) in [5.41, 5.74) is 0.313. The van der Waals surface area contributed by atoms with Crippen molar-refractivity contribution in [2.75, 3.05) is 33.2 Å². The Bertz CT molecular complexity index is 1130. The van der Waals surface area contributed by atoms with Gasteiger partial charge in [0.2, 0.25) is 10.0 Å². The quantitative estimate of drug-likeness (QED) is 0.711. The Labute approximate surface area is 193 Å². The summed E-state index contributed by atoms with van der Waals surface area (Å²) in [4.78, 5) is 28.9. The number of sulfonamides is 1. The molecule has 1 fully saturated rings. The van der Waals surface area contributed by atoms with Crippen molar-refractivity contribution in [3.8, 4) is 5.75 Å². The average Bonchev–Trinajstić information content (AvgIpc) is 2.78. The number of carbonyl (C=O) groups excluding carboxylic acids is 2. The van der Waals surface area contributed by atoms with Crippen LogP contribution in [0.5, 0.6) is 5.75 Å². The number of benzene rings is 2. The number of hydrogen-bond donors (Lipinski definition) is 1. The fourth-order valence-corrected chi connectivity index (χ4v) is 4.97. The Kier molecular flexibility index (Phi) is 7.12. The van der Waals surface area contributed by atoms with E-state index in [1.165, 1.54) is 35.6 Å². The van der Waals surface area contributed by atoms with Gasteiger partial charge in [-0.15, -0.1) is 0 Å². The van der Waals surface area contributed by atoms with E-state index in [4.69, 9.17) is 11.6 Å². The molecule has 0 unspecified atom stereocenters. The summed E-state index contributed by atoms with van der Waals surface area (Å²) in [6, 6.07) is 10.2. The lowest BCUT2D eigenvalue weighted by atomic mass is 10.1. The number of nitrogens with zero attached hydrogens (tertiary/aromatic N) is 3. The summed E-state index contributed by atoms with van der Waals surface area (Å²) >= 11 is 6.23. The molecular formula is C22H26ClN3O5S. The summed E-state index contributed by atoms with van der Waals surface area (Å²) < 4.78 is 26.8. The van der Waals surface area contributed by atoms with Crippen LogP contribution >= 0.6 is 11.6 Å². The first-order chi connectivity index (χ1) is 15.0. The van der Waals surface area contributed by atoms with Crippen molar-refractivity contribution in [3.63, 3.8) is 0 Å². The van der Waals surface area contributed by atoms with E-state index in [9.17, 15) is 23.1 Å². The summed E-state index contributed by atoms with van der Waals surface area (Å²) in [7, 11) is -2.29. The maximum Gasteiger partial charge on any atom is 0.257 e. The average molecular weight is 480 g/mol. The van der Waals surface area contributed by atoms with E-state index < -0.39 is 15.9 Å². The second-order valence-electron chi connectivity index (χ2n) is 7.86. The monoisotopic (exact) mass is 479 g/mol. The number of halogens is 1. The number of carbonyl (C=O) groups is 2. The van der Waals surface area contributed by atoms with Crippen molar-refractivity contribution in [1.82, 2.24) is 14.1 Å². The third kappa shape index (κ3) is 4.74. The van der Waals surface area contributed by atoms with Crippen molar-refractivity contribution in [2.45, 2.75) is 24.8 Å². The van der Waals surface area contributed by atoms with Crippen LogP contribution in [0.2, 0.25) is 5.02 Å². The van der Waals surface area contributed by atoms with Crippen LogP contribution in [-0.4, -0.2) is 78.7 Å². The van der Waals surface area contributed by atoms with Crippen LogP contribution in [0.3, 0.4) is 0 Å². The molecule has 8 nitrogen and oxygen atoms in total. The van der Waals surface area contributed by atoms with E-state index in [1.54, 1.807) is 41.8 Å². The van der Waals surface area contributed by atoms with Gasteiger partial charge in [-0.1, -0.05) is 23.7 Å². The van der Waals surface area contributed by atoms with Crippen molar-refractivity contribution < 1.29 is 23.1 Å². The van der Waals surface area contributed by atoms with Gasteiger partial charge in [0.05, 0.1) is 21.0 Å². The molecule has 1 N–H and O–H groups in total. The van der Waals surface area contributed by atoms with Crippen molar-refractivity contribution in [1.29, 1.82) is 0 Å². The van der Waals surface area contributed by atoms with Crippen molar-refractivity contribution in [3.05, 3.63) is 58.6 Å². The third-order valence-corrected chi connectivity index (χ3v) is 7.92. The molecule has 1 heterocycles. The standard InChI is InChI=1S/C22H26ClN3O5S/c1-15(2)24(3)32(30,31)16-8-9-19(23)18(14-16)22(29)26-12-10-25(11-13-26)21(28)17-6-4-5-7-20(17)27/h4-9,14-15,27H,10-13H2,1-3H3. The van der Waals surface area contributed by atoms with Crippen LogP contribution in [0.15, 0.2) is 47.4 Å². The smallest absolute Gasteiger partial charge is 0.257 e. The molecule has 0 spiro atoms. The molecule has 2 aromatic rings. The SMILES string of the molecule is CC(C)N(C)S(=O)(=O)c1ccc(Cl)c(C(=O)N2CCN(C(=O)c3ccccc3O)CC2)c1. The zero-order valence-corrected chi connectivity index (χ0v) is 19.7. The number of para-hydroxylation sites is 1. The van der Waals surface area contributed by atoms with Crippen LogP contribution in [0.1, 0.15) is 34.6 Å². The van der Waals surface area contributed by atoms with E-state index >= 15 is 0 Å². The number of phenolic OH excluding ortho intramolecular Hbond substituents is 1. The fraction of sp³-hybridized carbons (Fsp3) is 0.364. The predicted molar refractivity (Wildman–Crippen MR) is 121 cm³/mol. The fourth-order valence-electron chi connectivity index (χ4n) is 3.38. The Morgan fingerprint density at radius 1 is 0.969 bits per heavy atom. The highest BCUT2D eigenvalue weighted by atomic mass is 35.5. The molecule has 1 aliphatic heterocycles. The molecule has 0 bridgehead atoms. The van der Waals surface area contributed by atoms with Gasteiger partial charge in [-0.3, -0.25) is 9.59 Å². The molecule has 0 aliphatic carbocycles.